The van der Waals surface area contributed by atoms with Gasteiger partial charge >= 0.3 is 0 Å². The average Bonchev–Trinajstić information content (AvgIpc) is 2.82. The average molecular weight is 292 g/mol. The normalized spacial score (nSPS) is 21.3. The minimum Gasteiger partial charge on any atom is -0.393 e. The largest absolute Gasteiger partial charge is 0.393 e. The molecule has 0 heterocycles. The third-order valence-corrected chi connectivity index (χ3v) is 4.11. The van der Waals surface area contributed by atoms with Crippen molar-refractivity contribution in [1.82, 2.24) is 4.90 Å². The Balaban J connectivity index is 2.08. The van der Waals surface area contributed by atoms with Crippen LogP contribution in [0.3, 0.4) is 0 Å². The molecule has 2 atom stereocenters. The van der Waals surface area contributed by atoms with Crippen LogP contribution in [-0.4, -0.2) is 40.5 Å². The molecular weight excluding hydrogens is 272 g/mol. The van der Waals surface area contributed by atoms with Gasteiger partial charge in [0, 0.05) is 36.7 Å². The van der Waals surface area contributed by atoms with E-state index >= 15 is 0 Å². The number of benzene rings is 1. The summed E-state index contributed by atoms with van der Waals surface area (Å²) in [4.78, 5) is 24.3. The van der Waals surface area contributed by atoms with E-state index in [0.717, 1.165) is 19.3 Å². The van der Waals surface area contributed by atoms with E-state index in [9.17, 15) is 20.0 Å². The fraction of sp³-hybridized carbons (Fsp3) is 0.533. The maximum Gasteiger partial charge on any atom is 0.272 e. The first-order chi connectivity index (χ1) is 9.90. The van der Waals surface area contributed by atoms with Crippen LogP contribution < -0.4 is 0 Å². The fourth-order valence-electron chi connectivity index (χ4n) is 2.88. The van der Waals surface area contributed by atoms with Crippen LogP contribution in [0.4, 0.5) is 5.69 Å². The number of nitro groups is 1. The first-order valence-electron chi connectivity index (χ1n) is 7.08. The predicted octanol–water partition coefficient (Wildman–Crippen LogP) is 2.14. The van der Waals surface area contributed by atoms with Gasteiger partial charge in [0.05, 0.1) is 11.0 Å². The van der Waals surface area contributed by atoms with Crippen LogP contribution in [0.25, 0.3) is 0 Å². The number of hydrogen-bond acceptors (Lipinski definition) is 4. The second kappa shape index (κ2) is 6.22. The number of amides is 1. The number of carbonyl (C=O) groups excluding carboxylic acids is 1. The highest BCUT2D eigenvalue weighted by atomic mass is 16.6. The molecule has 1 saturated carbocycles. The van der Waals surface area contributed by atoms with Gasteiger partial charge in [-0.25, -0.2) is 0 Å². The van der Waals surface area contributed by atoms with E-state index in [1.807, 2.05) is 0 Å². The first kappa shape index (κ1) is 15.4. The van der Waals surface area contributed by atoms with Crippen molar-refractivity contribution >= 4 is 11.6 Å². The van der Waals surface area contributed by atoms with Crippen LogP contribution >= 0.6 is 0 Å². The third kappa shape index (κ3) is 3.39. The van der Waals surface area contributed by atoms with Gasteiger partial charge in [-0.1, -0.05) is 6.42 Å². The highest BCUT2D eigenvalue weighted by molar-refractivity contribution is 5.94. The quantitative estimate of drug-likeness (QED) is 0.680. The van der Waals surface area contributed by atoms with Crippen molar-refractivity contribution in [2.24, 2.45) is 5.92 Å². The molecule has 1 aromatic rings. The maximum absolute atomic E-state index is 12.3. The molecule has 1 aromatic carbocycles. The molecule has 1 N–H and O–H groups in total. The van der Waals surface area contributed by atoms with Crippen molar-refractivity contribution in [3.63, 3.8) is 0 Å². The summed E-state index contributed by atoms with van der Waals surface area (Å²) in [7, 11) is 1.70. The molecule has 0 radical (unpaired) electrons. The lowest BCUT2D eigenvalue weighted by Gasteiger charge is -2.23. The molecule has 1 fully saturated rings. The van der Waals surface area contributed by atoms with Gasteiger partial charge in [0.2, 0.25) is 0 Å². The van der Waals surface area contributed by atoms with Crippen LogP contribution in [0.2, 0.25) is 0 Å². The summed E-state index contributed by atoms with van der Waals surface area (Å²) < 4.78 is 0. The smallest absolute Gasteiger partial charge is 0.272 e. The Morgan fingerprint density at radius 3 is 2.71 bits per heavy atom. The molecular formula is C15H20N2O4. The van der Waals surface area contributed by atoms with E-state index in [2.05, 4.69) is 0 Å². The zero-order chi connectivity index (χ0) is 15.6. The van der Waals surface area contributed by atoms with Gasteiger partial charge in [-0.05, 0) is 31.9 Å². The molecule has 0 bridgehead atoms. The second-order valence-electron chi connectivity index (χ2n) is 5.70. The zero-order valence-corrected chi connectivity index (χ0v) is 12.3. The molecule has 114 valence electrons. The molecule has 0 spiro atoms. The third-order valence-electron chi connectivity index (χ3n) is 4.11. The Bertz CT molecular complexity index is 559. The molecule has 2 unspecified atom stereocenters. The number of nitrogens with zero attached hydrogens (tertiary/aromatic N) is 2. The number of aliphatic hydroxyl groups is 1. The Morgan fingerprint density at radius 2 is 2.19 bits per heavy atom. The van der Waals surface area contributed by atoms with Crippen molar-refractivity contribution < 1.29 is 14.8 Å². The molecule has 1 aliphatic rings. The number of nitro benzene ring substituents is 1. The number of carbonyl (C=O) groups is 1. The lowest BCUT2D eigenvalue weighted by atomic mass is 10.0. The van der Waals surface area contributed by atoms with Gasteiger partial charge in [0.1, 0.15) is 0 Å². The van der Waals surface area contributed by atoms with Gasteiger partial charge in [0.15, 0.2) is 0 Å². The lowest BCUT2D eigenvalue weighted by molar-refractivity contribution is -0.385. The van der Waals surface area contributed by atoms with Crippen molar-refractivity contribution in [1.29, 1.82) is 0 Å². The second-order valence-corrected chi connectivity index (χ2v) is 5.70. The molecule has 6 nitrogen and oxygen atoms in total. The summed E-state index contributed by atoms with van der Waals surface area (Å²) in [5.41, 5.74) is 0.925. The first-order valence-corrected chi connectivity index (χ1v) is 7.08. The Kier molecular flexibility index (Phi) is 4.57. The molecule has 0 saturated heterocycles. The monoisotopic (exact) mass is 292 g/mol. The minimum atomic E-state index is -0.456. The van der Waals surface area contributed by atoms with Gasteiger partial charge in [0.25, 0.3) is 11.6 Å². The number of aliphatic hydroxyl groups excluding tert-OH is 1. The number of hydrogen-bond donors (Lipinski definition) is 1. The predicted molar refractivity (Wildman–Crippen MR) is 78.1 cm³/mol. The van der Waals surface area contributed by atoms with Crippen LogP contribution in [0.5, 0.6) is 0 Å². The standard InChI is InChI=1S/C15H20N2O4/c1-10-8-11(6-7-13(10)17(20)21)15(19)16(2)9-12-4-3-5-14(12)18/h6-8,12,14,18H,3-5,9H2,1-2H3. The van der Waals surface area contributed by atoms with Crippen LogP contribution in [0.15, 0.2) is 18.2 Å². The SMILES string of the molecule is Cc1cc(C(=O)N(C)CC2CCCC2O)ccc1[N+](=O)[O-]. The van der Waals surface area contributed by atoms with E-state index in [0.29, 0.717) is 17.7 Å². The molecule has 0 aliphatic heterocycles. The van der Waals surface area contributed by atoms with Crippen LogP contribution in [0.1, 0.15) is 35.2 Å². The van der Waals surface area contributed by atoms with Crippen LogP contribution in [0, 0.1) is 23.0 Å². The molecule has 0 aromatic heterocycles. The molecule has 2 rings (SSSR count). The summed E-state index contributed by atoms with van der Waals surface area (Å²) >= 11 is 0. The Hall–Kier alpha value is -1.95. The Morgan fingerprint density at radius 1 is 1.48 bits per heavy atom. The van der Waals surface area contributed by atoms with Crippen molar-refractivity contribution in [2.45, 2.75) is 32.3 Å². The fourth-order valence-corrected chi connectivity index (χ4v) is 2.88. The summed E-state index contributed by atoms with van der Waals surface area (Å²) in [5.74, 6) is -0.0507. The van der Waals surface area contributed by atoms with Crippen LogP contribution in [-0.2, 0) is 0 Å². The molecule has 21 heavy (non-hydrogen) atoms. The number of aryl methyl sites for hydroxylation is 1. The number of rotatable bonds is 4. The Labute approximate surface area is 123 Å². The van der Waals surface area contributed by atoms with E-state index < -0.39 is 4.92 Å². The van der Waals surface area contributed by atoms with Crippen molar-refractivity contribution in [3.8, 4) is 0 Å². The highest BCUT2D eigenvalue weighted by Gasteiger charge is 2.28. The summed E-state index contributed by atoms with van der Waals surface area (Å²) in [6.45, 7) is 2.13. The van der Waals surface area contributed by atoms with Gasteiger partial charge in [-0.2, -0.15) is 0 Å². The highest BCUT2D eigenvalue weighted by Crippen LogP contribution is 2.26. The van der Waals surface area contributed by atoms with Crippen molar-refractivity contribution in [2.75, 3.05) is 13.6 Å². The zero-order valence-electron chi connectivity index (χ0n) is 12.3. The molecule has 6 heteroatoms. The van der Waals surface area contributed by atoms with Gasteiger partial charge in [-0.3, -0.25) is 14.9 Å². The molecule has 1 aliphatic carbocycles. The summed E-state index contributed by atoms with van der Waals surface area (Å²) in [5, 5.41) is 20.6. The van der Waals surface area contributed by atoms with Crippen molar-refractivity contribution in [3.05, 3.63) is 39.4 Å². The minimum absolute atomic E-state index is 0.0143. The van der Waals surface area contributed by atoms with E-state index in [4.69, 9.17) is 0 Å². The van der Waals surface area contributed by atoms with E-state index in [1.165, 1.54) is 12.1 Å². The molecule has 1 amide bonds. The van der Waals surface area contributed by atoms with Gasteiger partial charge in [-0.15, -0.1) is 0 Å². The lowest BCUT2D eigenvalue weighted by Crippen LogP contribution is -2.34. The topological polar surface area (TPSA) is 83.7 Å². The maximum atomic E-state index is 12.3. The van der Waals surface area contributed by atoms with E-state index in [-0.39, 0.29) is 23.6 Å². The van der Waals surface area contributed by atoms with E-state index in [1.54, 1.807) is 24.9 Å². The van der Waals surface area contributed by atoms with Gasteiger partial charge < -0.3 is 10.0 Å². The summed E-state index contributed by atoms with van der Waals surface area (Å²) in [6.07, 6.45) is 2.38. The summed E-state index contributed by atoms with van der Waals surface area (Å²) in [6, 6.07) is 4.39.